The molecule has 3 N–H and O–H groups in total. The van der Waals surface area contributed by atoms with E-state index in [1.165, 1.54) is 11.8 Å². The number of thioether (sulfide) groups is 1. The SMILES string of the molecule is CN(C)CCSc1cccc(NN)c1[N+](=O)[O-]. The van der Waals surface area contributed by atoms with Crippen molar-refractivity contribution in [1.82, 2.24) is 4.90 Å². The number of hydrogen-bond donors (Lipinski definition) is 2. The van der Waals surface area contributed by atoms with Crippen molar-refractivity contribution in [2.45, 2.75) is 4.90 Å². The number of rotatable bonds is 6. The van der Waals surface area contributed by atoms with Crippen LogP contribution in [0.25, 0.3) is 0 Å². The molecule has 0 heterocycles. The quantitative estimate of drug-likeness (QED) is 0.347. The summed E-state index contributed by atoms with van der Waals surface area (Å²) in [6.45, 7) is 0.863. The van der Waals surface area contributed by atoms with Crippen molar-refractivity contribution in [3.63, 3.8) is 0 Å². The first-order valence-electron chi connectivity index (χ1n) is 5.07. The van der Waals surface area contributed by atoms with Crippen LogP contribution in [0.5, 0.6) is 0 Å². The highest BCUT2D eigenvalue weighted by molar-refractivity contribution is 7.99. The van der Waals surface area contributed by atoms with E-state index in [-0.39, 0.29) is 5.69 Å². The van der Waals surface area contributed by atoms with Gasteiger partial charge in [-0.3, -0.25) is 16.0 Å². The molecule has 7 heteroatoms. The molecule has 0 radical (unpaired) electrons. The van der Waals surface area contributed by atoms with E-state index in [4.69, 9.17) is 5.84 Å². The standard InChI is InChI=1S/C10H16N4O2S/c1-13(2)6-7-17-9-5-3-4-8(12-11)10(9)14(15)16/h3-5,12H,6-7,11H2,1-2H3. The summed E-state index contributed by atoms with van der Waals surface area (Å²) in [5.41, 5.74) is 2.73. The van der Waals surface area contributed by atoms with Gasteiger partial charge in [0.15, 0.2) is 0 Å². The number of para-hydroxylation sites is 1. The van der Waals surface area contributed by atoms with Crippen LogP contribution in [0.1, 0.15) is 0 Å². The molecule has 0 unspecified atom stereocenters. The van der Waals surface area contributed by atoms with Gasteiger partial charge in [-0.05, 0) is 26.2 Å². The van der Waals surface area contributed by atoms with Gasteiger partial charge in [-0.2, -0.15) is 0 Å². The zero-order valence-electron chi connectivity index (χ0n) is 9.84. The third-order valence-corrected chi connectivity index (χ3v) is 3.16. The first-order chi connectivity index (χ1) is 8.06. The molecule has 0 aliphatic rings. The number of nitrogens with zero attached hydrogens (tertiary/aromatic N) is 2. The maximum Gasteiger partial charge on any atom is 0.307 e. The Hall–Kier alpha value is -1.31. The van der Waals surface area contributed by atoms with Crippen molar-refractivity contribution in [2.24, 2.45) is 5.84 Å². The summed E-state index contributed by atoms with van der Waals surface area (Å²) in [6.07, 6.45) is 0. The number of nitrogens with one attached hydrogen (secondary N) is 1. The van der Waals surface area contributed by atoms with Crippen molar-refractivity contribution in [2.75, 3.05) is 31.8 Å². The molecule has 0 amide bonds. The molecule has 0 fully saturated rings. The molecule has 6 nitrogen and oxygen atoms in total. The highest BCUT2D eigenvalue weighted by atomic mass is 32.2. The van der Waals surface area contributed by atoms with Gasteiger partial charge < -0.3 is 10.3 Å². The summed E-state index contributed by atoms with van der Waals surface area (Å²) in [5, 5.41) is 11.0. The molecule has 0 bridgehead atoms. The van der Waals surface area contributed by atoms with Crippen LogP contribution in [0.2, 0.25) is 0 Å². The Balaban J connectivity index is 2.87. The second-order valence-electron chi connectivity index (χ2n) is 3.71. The topological polar surface area (TPSA) is 84.4 Å². The Kier molecular flexibility index (Phi) is 5.20. The Morgan fingerprint density at radius 1 is 1.53 bits per heavy atom. The van der Waals surface area contributed by atoms with Gasteiger partial charge in [0.2, 0.25) is 0 Å². The predicted octanol–water partition coefficient (Wildman–Crippen LogP) is 1.53. The normalized spacial score (nSPS) is 10.6. The van der Waals surface area contributed by atoms with Gasteiger partial charge >= 0.3 is 5.69 Å². The number of anilines is 1. The van der Waals surface area contributed by atoms with Gasteiger partial charge in [0.1, 0.15) is 5.69 Å². The summed E-state index contributed by atoms with van der Waals surface area (Å²) in [7, 11) is 3.93. The number of nitro benzene ring substituents is 1. The van der Waals surface area contributed by atoms with Crippen LogP contribution in [0.15, 0.2) is 23.1 Å². The van der Waals surface area contributed by atoms with Crippen molar-refractivity contribution >= 4 is 23.1 Å². The van der Waals surface area contributed by atoms with Crippen molar-refractivity contribution in [3.8, 4) is 0 Å². The molecular formula is C10H16N4O2S. The summed E-state index contributed by atoms with van der Waals surface area (Å²) >= 11 is 1.45. The molecule has 0 saturated heterocycles. The van der Waals surface area contributed by atoms with Gasteiger partial charge in [-0.25, -0.2) is 0 Å². The maximum atomic E-state index is 11.0. The lowest BCUT2D eigenvalue weighted by atomic mass is 10.3. The lowest BCUT2D eigenvalue weighted by Crippen LogP contribution is -2.15. The lowest BCUT2D eigenvalue weighted by molar-refractivity contribution is -0.386. The van der Waals surface area contributed by atoms with E-state index >= 15 is 0 Å². The molecule has 0 saturated carbocycles. The predicted molar refractivity (Wildman–Crippen MR) is 70.2 cm³/mol. The molecular weight excluding hydrogens is 240 g/mol. The van der Waals surface area contributed by atoms with Crippen molar-refractivity contribution in [1.29, 1.82) is 0 Å². The molecule has 0 atom stereocenters. The van der Waals surface area contributed by atoms with E-state index in [9.17, 15) is 10.1 Å². The van der Waals surface area contributed by atoms with Crippen LogP contribution in [0, 0.1) is 10.1 Å². The van der Waals surface area contributed by atoms with Crippen molar-refractivity contribution < 1.29 is 4.92 Å². The Labute approximate surface area is 104 Å². The fraction of sp³-hybridized carbons (Fsp3) is 0.400. The Morgan fingerprint density at radius 2 is 2.24 bits per heavy atom. The van der Waals surface area contributed by atoms with E-state index in [0.717, 1.165) is 12.3 Å². The molecule has 17 heavy (non-hydrogen) atoms. The molecule has 1 aromatic rings. The molecule has 0 aromatic heterocycles. The van der Waals surface area contributed by atoms with E-state index in [2.05, 4.69) is 5.43 Å². The monoisotopic (exact) mass is 256 g/mol. The second-order valence-corrected chi connectivity index (χ2v) is 4.84. The Morgan fingerprint density at radius 3 is 2.76 bits per heavy atom. The fourth-order valence-corrected chi connectivity index (χ4v) is 2.45. The molecule has 0 aliphatic heterocycles. The number of hydrazine groups is 1. The lowest BCUT2D eigenvalue weighted by Gasteiger charge is -2.10. The van der Waals surface area contributed by atoms with Crippen LogP contribution in [0.4, 0.5) is 11.4 Å². The van der Waals surface area contributed by atoms with Crippen molar-refractivity contribution in [3.05, 3.63) is 28.3 Å². The molecule has 1 rings (SSSR count). The third-order valence-electron chi connectivity index (χ3n) is 2.13. The van der Waals surface area contributed by atoms with E-state index in [1.807, 2.05) is 19.0 Å². The summed E-state index contributed by atoms with van der Waals surface area (Å²) in [6, 6.07) is 5.08. The Bertz CT molecular complexity index is 398. The zero-order valence-corrected chi connectivity index (χ0v) is 10.7. The molecule has 0 aliphatic carbocycles. The largest absolute Gasteiger partial charge is 0.318 e. The first-order valence-corrected chi connectivity index (χ1v) is 6.06. The van der Waals surface area contributed by atoms with E-state index < -0.39 is 4.92 Å². The zero-order chi connectivity index (χ0) is 12.8. The minimum Gasteiger partial charge on any atom is -0.318 e. The van der Waals surface area contributed by atoms with E-state index in [1.54, 1.807) is 18.2 Å². The van der Waals surface area contributed by atoms with Crippen LogP contribution in [-0.4, -0.2) is 36.2 Å². The highest BCUT2D eigenvalue weighted by Crippen LogP contribution is 2.34. The smallest absolute Gasteiger partial charge is 0.307 e. The van der Waals surface area contributed by atoms with E-state index in [0.29, 0.717) is 10.6 Å². The molecule has 0 spiro atoms. The van der Waals surface area contributed by atoms with Gasteiger partial charge in [-0.15, -0.1) is 11.8 Å². The summed E-state index contributed by atoms with van der Waals surface area (Å²) < 4.78 is 0. The average Bonchev–Trinajstić information content (AvgIpc) is 2.27. The van der Waals surface area contributed by atoms with Gasteiger partial charge in [0.25, 0.3) is 0 Å². The van der Waals surface area contributed by atoms with Crippen LogP contribution < -0.4 is 11.3 Å². The van der Waals surface area contributed by atoms with Gasteiger partial charge in [-0.1, -0.05) is 6.07 Å². The molecule has 1 aromatic carbocycles. The summed E-state index contributed by atoms with van der Waals surface area (Å²) in [4.78, 5) is 13.2. The van der Waals surface area contributed by atoms with Crippen LogP contribution in [0.3, 0.4) is 0 Å². The highest BCUT2D eigenvalue weighted by Gasteiger charge is 2.19. The number of nitrogens with two attached hydrogens (primary N) is 1. The number of benzene rings is 1. The van der Waals surface area contributed by atoms with Crippen LogP contribution >= 0.6 is 11.8 Å². The third kappa shape index (κ3) is 3.88. The minimum absolute atomic E-state index is 0.0405. The fourth-order valence-electron chi connectivity index (χ4n) is 1.28. The molecule has 94 valence electrons. The number of nitro groups is 1. The number of nitrogen functional groups attached to an aromatic ring is 1. The minimum atomic E-state index is -0.410. The summed E-state index contributed by atoms with van der Waals surface area (Å²) in [5.74, 6) is 6.06. The second kappa shape index (κ2) is 6.43. The average molecular weight is 256 g/mol. The van der Waals surface area contributed by atoms with Crippen LogP contribution in [-0.2, 0) is 0 Å². The van der Waals surface area contributed by atoms with Gasteiger partial charge in [0, 0.05) is 12.3 Å². The van der Waals surface area contributed by atoms with Gasteiger partial charge in [0.05, 0.1) is 9.82 Å². The number of hydrogen-bond acceptors (Lipinski definition) is 6. The first kappa shape index (κ1) is 13.8. The maximum absolute atomic E-state index is 11.0.